The average Bonchev–Trinajstić information content (AvgIpc) is 1.44. The van der Waals surface area contributed by atoms with Crippen molar-refractivity contribution in [3.8, 4) is 11.5 Å². The second-order valence-electron chi connectivity index (χ2n) is 30.5. The summed E-state index contributed by atoms with van der Waals surface area (Å²) >= 11 is 0. The van der Waals surface area contributed by atoms with Gasteiger partial charge in [0.25, 0.3) is 0 Å². The Morgan fingerprint density at radius 2 is 0.868 bits per heavy atom. The van der Waals surface area contributed by atoms with Gasteiger partial charge in [0, 0.05) is 71.7 Å². The molecule has 0 bridgehead atoms. The average molecular weight is 1680 g/mol. The smallest absolute Gasteiger partial charge is 0.453 e. The minimum Gasteiger partial charge on any atom is -0.508 e. The van der Waals surface area contributed by atoms with Crippen molar-refractivity contribution in [2.24, 2.45) is 46.3 Å². The number of hydrogen-bond donors (Lipinski definition) is 4. The summed E-state index contributed by atoms with van der Waals surface area (Å²) in [6, 6.07) is 12.0. The summed E-state index contributed by atoms with van der Waals surface area (Å²) in [6.07, 6.45) is 11.2. The fourth-order valence-electron chi connectivity index (χ4n) is 17.8. The highest BCUT2D eigenvalue weighted by Crippen LogP contribution is 2.65. The summed E-state index contributed by atoms with van der Waals surface area (Å²) in [5.41, 5.74) is 5.29. The van der Waals surface area contributed by atoms with E-state index in [0.717, 1.165) is 154 Å². The van der Waals surface area contributed by atoms with Gasteiger partial charge in [-0.2, -0.15) is 43.9 Å². The van der Waals surface area contributed by atoms with Crippen molar-refractivity contribution >= 4 is 57.5 Å². The van der Waals surface area contributed by atoms with Crippen molar-refractivity contribution in [1.29, 1.82) is 0 Å². The SMILES string of the molecule is COCCOCCOCC(=O)O.COCCOCCOCC(=O)Oc1ccc2c(c1)C[C@@H](CCCCCCCCCS(=O)CCCC(F)(F)C(F)(F)F)[C@@H]1[C@@H]2CC[C@]2(C)[C@@H](O)CC[C@@H]12.C[C@]12CC[C@@H]3c4ccc(O)cc4C[C@@H](CCCCCCCCCS(=O)CCCC(F)(F)C(F)(F)F)[C@H]3[C@@H]1CC[C@@H]2O.I. The number of carboxylic acid groups (broad SMARTS) is 1. The molecule has 0 aliphatic heterocycles. The lowest BCUT2D eigenvalue weighted by atomic mass is 9.52. The van der Waals surface area contributed by atoms with Crippen LogP contribution in [0.25, 0.3) is 0 Å². The Bertz CT molecular complexity index is 2940. The zero-order valence-electron chi connectivity index (χ0n) is 62.6. The summed E-state index contributed by atoms with van der Waals surface area (Å²) in [5, 5.41) is 40.2. The third-order valence-electron chi connectivity index (χ3n) is 23.4. The lowest BCUT2D eigenvalue weighted by Gasteiger charge is -2.53. The van der Waals surface area contributed by atoms with Gasteiger partial charge in [-0.15, -0.1) is 24.0 Å². The molecule has 2 unspecified atom stereocenters. The van der Waals surface area contributed by atoms with Crippen molar-refractivity contribution in [2.45, 2.75) is 255 Å². The topological polar surface area (TPSA) is 214 Å². The van der Waals surface area contributed by atoms with E-state index < -0.39 is 83.4 Å². The molecule has 8 rings (SSSR count). The number of aromatic hydroxyl groups is 1. The summed E-state index contributed by atoms with van der Waals surface area (Å²) in [5.74, 6) is -5.43. The van der Waals surface area contributed by atoms with Crippen molar-refractivity contribution in [3.05, 3.63) is 58.7 Å². The molecule has 2 aromatic rings. The van der Waals surface area contributed by atoms with E-state index >= 15 is 0 Å². The molecule has 28 heteroatoms. The molecule has 0 radical (unpaired) electrons. The van der Waals surface area contributed by atoms with Gasteiger partial charge < -0.3 is 53.6 Å². The molecule has 14 atom stereocenters. The molecule has 0 heterocycles. The summed E-state index contributed by atoms with van der Waals surface area (Å²) in [6.45, 7) is 7.54. The number of phenols is 1. The second kappa shape index (κ2) is 46.4. The number of methoxy groups -OCH3 is 2. The molecule has 0 aromatic heterocycles. The first-order chi connectivity index (χ1) is 49.9. The van der Waals surface area contributed by atoms with E-state index in [1.165, 1.54) is 22.3 Å². The number of carbonyl (C=O) groups is 2. The Hall–Kier alpha value is -2.81. The maximum absolute atomic E-state index is 13.0. The maximum Gasteiger partial charge on any atom is 0.453 e. The van der Waals surface area contributed by atoms with Gasteiger partial charge in [0.15, 0.2) is 0 Å². The monoisotopic (exact) mass is 1680 g/mol. The van der Waals surface area contributed by atoms with Gasteiger partial charge in [-0.1, -0.05) is 103 Å². The van der Waals surface area contributed by atoms with Gasteiger partial charge in [-0.3, -0.25) is 8.42 Å². The van der Waals surface area contributed by atoms with Gasteiger partial charge in [-0.25, -0.2) is 9.59 Å². The Balaban J connectivity index is 0.000000332. The van der Waals surface area contributed by atoms with Crippen LogP contribution in [0.1, 0.15) is 228 Å². The largest absolute Gasteiger partial charge is 0.508 e. The molecule has 0 saturated heterocycles. The van der Waals surface area contributed by atoms with E-state index in [-0.39, 0.29) is 78.3 Å². The van der Waals surface area contributed by atoms with Crippen LogP contribution in [0.15, 0.2) is 36.4 Å². The van der Waals surface area contributed by atoms with Crippen LogP contribution in [0.3, 0.4) is 0 Å². The van der Waals surface area contributed by atoms with Crippen molar-refractivity contribution < 1.29 is 115 Å². The number of carbonyl (C=O) groups excluding carboxylic acids is 1. The molecule has 612 valence electrons. The first-order valence-electron chi connectivity index (χ1n) is 38.5. The number of fused-ring (bicyclic) bond motifs is 10. The zero-order valence-corrected chi connectivity index (χ0v) is 66.6. The lowest BCUT2D eigenvalue weighted by molar-refractivity contribution is -0.284. The highest BCUT2D eigenvalue weighted by Gasteiger charge is 2.60. The summed E-state index contributed by atoms with van der Waals surface area (Å²) < 4.78 is 185. The van der Waals surface area contributed by atoms with Gasteiger partial charge in [0.05, 0.1) is 65.1 Å². The van der Waals surface area contributed by atoms with Crippen LogP contribution in [-0.2, 0) is 72.5 Å². The van der Waals surface area contributed by atoms with Gasteiger partial charge >= 0.3 is 36.1 Å². The first-order valence-corrected chi connectivity index (χ1v) is 41.5. The van der Waals surface area contributed by atoms with Gasteiger partial charge in [0.2, 0.25) is 0 Å². The van der Waals surface area contributed by atoms with Crippen LogP contribution in [0.2, 0.25) is 0 Å². The van der Waals surface area contributed by atoms with Crippen LogP contribution >= 0.6 is 24.0 Å². The zero-order chi connectivity index (χ0) is 76.9. The Morgan fingerprint density at radius 3 is 1.29 bits per heavy atom. The molecule has 4 N–H and O–H groups in total. The Kier molecular flexibility index (Phi) is 41.0. The van der Waals surface area contributed by atoms with E-state index in [1.54, 1.807) is 14.2 Å². The molecule has 4 saturated carbocycles. The number of phenolic OH excluding ortho intramolecular Hbond substituents is 1. The van der Waals surface area contributed by atoms with Gasteiger partial charge in [0.1, 0.15) is 24.7 Å². The van der Waals surface area contributed by atoms with Crippen molar-refractivity contribution in [1.82, 2.24) is 0 Å². The standard InChI is InChI=1S/C39H59F5O7S.C32H47F5O3S.C7H14O5.HI/c1-37-18-16-32-31-13-12-30(51-35(46)27-50-22-21-49-20-19-48-2)26-29(31)25-28(36(32)33(37)14-15-34(37)45)11-8-6-4-3-5-7-9-23-52(47)24-10-17-38(40,41)39(42,43)44;1-30-17-15-26-25-12-11-24(38)21-23(25)20-22(29(26)27(30)13-14-28(30)39)10-7-5-3-2-4-6-8-18-41(40)19-9-16-31(33,34)32(35,36)37;1-10-2-3-11-4-5-12-6-7(8)9;/h12-13,26,28,32-34,36,45H,3-11,14-25,27H2,1-2H3;11-12,21-22,26-29,38-39H,2-10,13-20H2,1H3;2-6H2,1H3,(H,8,9);1H/t28-,32-,33+,34+,36-,37+,52?;22-,26-,27+,28+,29-,30+,41?;;/m11../s1. The summed E-state index contributed by atoms with van der Waals surface area (Å²) in [7, 11) is 0.454. The highest BCUT2D eigenvalue weighted by molar-refractivity contribution is 14.0. The molecule has 4 fully saturated rings. The number of ether oxygens (including phenoxy) is 7. The van der Waals surface area contributed by atoms with Crippen molar-refractivity contribution in [2.75, 3.05) is 103 Å². The summed E-state index contributed by atoms with van der Waals surface area (Å²) in [4.78, 5) is 22.5. The third kappa shape index (κ3) is 29.0. The van der Waals surface area contributed by atoms with E-state index in [2.05, 4.69) is 26.0 Å². The van der Waals surface area contributed by atoms with E-state index in [1.807, 2.05) is 24.3 Å². The lowest BCUT2D eigenvalue weighted by Crippen LogP contribution is -2.47. The Labute approximate surface area is 643 Å². The number of hydrogen-bond acceptors (Lipinski definition) is 14. The van der Waals surface area contributed by atoms with Crippen molar-refractivity contribution in [3.63, 3.8) is 0 Å². The van der Waals surface area contributed by atoms with Crippen LogP contribution in [0.5, 0.6) is 11.5 Å². The maximum atomic E-state index is 13.0. The number of benzene rings is 2. The van der Waals surface area contributed by atoms with Crippen LogP contribution in [-0.4, -0.2) is 180 Å². The van der Waals surface area contributed by atoms with Crippen LogP contribution in [0.4, 0.5) is 43.9 Å². The molecule has 6 aliphatic carbocycles. The van der Waals surface area contributed by atoms with Crippen LogP contribution < -0.4 is 4.74 Å². The Morgan fingerprint density at radius 1 is 0.491 bits per heavy atom. The number of esters is 1. The van der Waals surface area contributed by atoms with E-state index in [0.29, 0.717) is 129 Å². The number of aliphatic carboxylic acids is 1. The number of halogens is 11. The molecule has 15 nitrogen and oxygen atoms in total. The fraction of sp³-hybridized carbons (Fsp3) is 0.821. The molecule has 0 spiro atoms. The molecule has 106 heavy (non-hydrogen) atoms. The normalized spacial score (nSPS) is 25.9. The molecular weight excluding hydrogens is 1560 g/mol. The third-order valence-corrected chi connectivity index (χ3v) is 26.4. The first kappa shape index (κ1) is 93.8. The van der Waals surface area contributed by atoms with E-state index in [4.69, 9.17) is 38.3 Å². The minimum atomic E-state index is -5.56. The quantitative estimate of drug-likeness (QED) is 0.0160. The van der Waals surface area contributed by atoms with E-state index in [9.17, 15) is 77.2 Å². The number of rotatable bonds is 45. The molecule has 6 aliphatic rings. The predicted octanol–water partition coefficient (Wildman–Crippen LogP) is 17.6. The second-order valence-corrected chi connectivity index (χ2v) is 33.9. The number of unbranched alkanes of at least 4 members (excludes halogenated alkanes) is 12. The number of carboxylic acids is 1. The molecule has 2 aromatic carbocycles. The number of aliphatic hydroxyl groups excluding tert-OH is 2. The number of alkyl halides is 10. The molecular formula is C78H121F10IO15S2. The predicted molar refractivity (Wildman–Crippen MR) is 399 cm³/mol. The highest BCUT2D eigenvalue weighted by atomic mass is 127. The number of aliphatic hydroxyl groups is 2. The molecule has 0 amide bonds. The fourth-order valence-corrected chi connectivity index (χ4v) is 20.2. The van der Waals surface area contributed by atoms with Gasteiger partial charge in [-0.05, 0) is 207 Å². The van der Waals surface area contributed by atoms with Crippen LogP contribution in [0, 0.1) is 46.3 Å². The minimum absolute atomic E-state index is 0.